The summed E-state index contributed by atoms with van der Waals surface area (Å²) in [5.41, 5.74) is 7.37. The van der Waals surface area contributed by atoms with Crippen LogP contribution in [0.1, 0.15) is 78.2 Å². The Morgan fingerprint density at radius 3 is 2.20 bits per heavy atom. The molecule has 0 bridgehead atoms. The molecule has 15 heteroatoms. The molecule has 0 aliphatic rings. The lowest BCUT2D eigenvalue weighted by molar-refractivity contribution is 0.0255. The fraction of sp³-hybridized carbons (Fsp3) is 0.348. The summed E-state index contributed by atoms with van der Waals surface area (Å²) in [6.07, 6.45) is 2.78. The summed E-state index contributed by atoms with van der Waals surface area (Å²) >= 11 is 0. The molecular weight excluding hydrogens is 797 g/mol. The van der Waals surface area contributed by atoms with E-state index in [0.717, 1.165) is 45.0 Å². The highest BCUT2D eigenvalue weighted by Crippen LogP contribution is 2.39. The van der Waals surface area contributed by atoms with E-state index in [1.807, 2.05) is 71.0 Å². The second-order valence-corrected chi connectivity index (χ2v) is 17.1. The standard InChI is InChI=1S/C45H54N6O8S.CH4.4H2/c1-28(2)32-21-33(42(52)46-14-15-58-18-19-59-17-16-56-7)23-36(22-32)48-44-47-27-34-20-30(12-13-38(34)50-44)37-24-31(11-10-29(37)3)43(53)49-39-25-35(45(4,5)6)26-40(41(39)57-8)51-60(9,54)55;;;;;/h10-13,20-27,51H,1,14-19H2,2-9H3,(H,46,52)(H,49,53)(H,47,48,50);1H4;4*1H. The molecule has 0 saturated heterocycles. The summed E-state index contributed by atoms with van der Waals surface area (Å²) in [4.78, 5) is 36.2. The number of nitrogens with zero attached hydrogens (tertiary/aromatic N) is 2. The molecule has 0 aliphatic carbocycles. The van der Waals surface area contributed by atoms with E-state index in [1.165, 1.54) is 7.11 Å². The van der Waals surface area contributed by atoms with E-state index in [9.17, 15) is 18.0 Å². The summed E-state index contributed by atoms with van der Waals surface area (Å²) in [5.74, 6) is -0.111. The van der Waals surface area contributed by atoms with Gasteiger partial charge in [-0.05, 0) is 102 Å². The van der Waals surface area contributed by atoms with Crippen LogP contribution in [0.2, 0.25) is 0 Å². The molecule has 5 rings (SSSR count). The molecule has 0 spiro atoms. The Morgan fingerprint density at radius 1 is 0.836 bits per heavy atom. The van der Waals surface area contributed by atoms with Gasteiger partial charge in [-0.3, -0.25) is 14.3 Å². The number of anilines is 4. The molecule has 0 radical (unpaired) electrons. The van der Waals surface area contributed by atoms with Crippen LogP contribution in [0.15, 0.2) is 79.5 Å². The number of rotatable bonds is 19. The predicted molar refractivity (Wildman–Crippen MR) is 253 cm³/mol. The number of aromatic nitrogens is 2. The van der Waals surface area contributed by atoms with Crippen molar-refractivity contribution in [3.05, 3.63) is 107 Å². The van der Waals surface area contributed by atoms with Crippen LogP contribution in [0, 0.1) is 6.92 Å². The molecule has 1 aromatic heterocycles. The van der Waals surface area contributed by atoms with Gasteiger partial charge in [0.05, 0.1) is 63.3 Å². The van der Waals surface area contributed by atoms with Gasteiger partial charge in [0.15, 0.2) is 5.75 Å². The minimum absolute atomic E-state index is 0. The number of hydrogen-bond acceptors (Lipinski definition) is 11. The Balaban J connectivity index is 0.00000819. The minimum Gasteiger partial charge on any atom is -0.492 e. The second-order valence-electron chi connectivity index (χ2n) is 15.4. The van der Waals surface area contributed by atoms with Crippen molar-refractivity contribution in [1.82, 2.24) is 15.3 Å². The van der Waals surface area contributed by atoms with Crippen molar-refractivity contribution in [3.63, 3.8) is 0 Å². The van der Waals surface area contributed by atoms with Gasteiger partial charge < -0.3 is 34.9 Å². The van der Waals surface area contributed by atoms with Crippen molar-refractivity contribution in [3.8, 4) is 16.9 Å². The molecule has 5 aromatic rings. The lowest BCUT2D eigenvalue weighted by atomic mass is 9.86. The third-order valence-corrected chi connectivity index (χ3v) is 9.96. The number of carbonyl (C=O) groups is 2. The van der Waals surface area contributed by atoms with Gasteiger partial charge in [-0.1, -0.05) is 52.5 Å². The molecule has 0 atom stereocenters. The number of fused-ring (bicyclic) bond motifs is 1. The fourth-order valence-corrected chi connectivity index (χ4v) is 6.74. The summed E-state index contributed by atoms with van der Waals surface area (Å²) < 4.78 is 48.4. The Hall–Kier alpha value is -5.87. The molecule has 0 unspecified atom stereocenters. The summed E-state index contributed by atoms with van der Waals surface area (Å²) in [5, 5.41) is 9.86. The van der Waals surface area contributed by atoms with E-state index in [1.54, 1.807) is 43.6 Å². The van der Waals surface area contributed by atoms with Gasteiger partial charge in [-0.15, -0.1) is 0 Å². The van der Waals surface area contributed by atoms with Crippen LogP contribution >= 0.6 is 0 Å². The zero-order valence-electron chi connectivity index (χ0n) is 35.4. The summed E-state index contributed by atoms with van der Waals surface area (Å²) in [7, 11) is -0.600. The number of aryl methyl sites for hydroxylation is 1. The number of carbonyl (C=O) groups excluding carboxylic acids is 2. The Kier molecular flexibility index (Phi) is 16.5. The van der Waals surface area contributed by atoms with E-state index in [-0.39, 0.29) is 35.9 Å². The average Bonchev–Trinajstić information content (AvgIpc) is 3.19. The number of nitrogens with one attached hydrogen (secondary N) is 4. The topological polar surface area (TPSA) is 179 Å². The average molecular weight is 863 g/mol. The number of ether oxygens (including phenoxy) is 4. The highest BCUT2D eigenvalue weighted by atomic mass is 32.2. The highest BCUT2D eigenvalue weighted by Gasteiger charge is 2.23. The molecule has 0 saturated carbocycles. The van der Waals surface area contributed by atoms with Gasteiger partial charge in [0.25, 0.3) is 11.8 Å². The van der Waals surface area contributed by atoms with Gasteiger partial charge in [0.2, 0.25) is 16.0 Å². The minimum atomic E-state index is -3.64. The van der Waals surface area contributed by atoms with Crippen LogP contribution < -0.4 is 25.4 Å². The molecule has 4 N–H and O–H groups in total. The number of benzene rings is 4. The van der Waals surface area contributed by atoms with Gasteiger partial charge in [0.1, 0.15) is 0 Å². The van der Waals surface area contributed by atoms with Crippen LogP contribution in [-0.2, 0) is 29.6 Å². The first-order chi connectivity index (χ1) is 28.4. The van der Waals surface area contributed by atoms with Crippen molar-refractivity contribution in [2.24, 2.45) is 0 Å². The third kappa shape index (κ3) is 13.3. The molecule has 334 valence electrons. The Bertz CT molecular complexity index is 2500. The quantitative estimate of drug-likeness (QED) is 0.0582. The predicted octanol–water partition coefficient (Wildman–Crippen LogP) is 9.34. The number of sulfonamides is 1. The maximum absolute atomic E-state index is 13.8. The molecule has 61 heavy (non-hydrogen) atoms. The molecule has 0 fully saturated rings. The van der Waals surface area contributed by atoms with E-state index >= 15 is 0 Å². The normalized spacial score (nSPS) is 11.4. The highest BCUT2D eigenvalue weighted by molar-refractivity contribution is 7.92. The van der Waals surface area contributed by atoms with Crippen LogP contribution in [0.3, 0.4) is 0 Å². The van der Waals surface area contributed by atoms with Crippen LogP contribution in [-0.4, -0.2) is 90.3 Å². The van der Waals surface area contributed by atoms with Crippen molar-refractivity contribution in [1.29, 1.82) is 0 Å². The third-order valence-electron chi connectivity index (χ3n) is 9.37. The van der Waals surface area contributed by atoms with Gasteiger partial charge in [0, 0.05) is 47.8 Å². The van der Waals surface area contributed by atoms with Crippen molar-refractivity contribution in [2.45, 2.75) is 47.5 Å². The SMILES string of the molecule is C.C=C(C)c1cc(Nc2ncc3cc(-c4cc(C(=O)Nc5cc(C(C)(C)C)cc(NS(C)(=O)=O)c5OC)ccc4C)ccc3n2)cc(C(=O)NCCOCCOCCOC)c1.[HH].[HH].[HH].[HH]. The zero-order chi connectivity index (χ0) is 43.6. The van der Waals surface area contributed by atoms with E-state index in [0.29, 0.717) is 73.5 Å². The van der Waals surface area contributed by atoms with Crippen LogP contribution in [0.5, 0.6) is 5.75 Å². The fourth-order valence-electron chi connectivity index (χ4n) is 6.19. The first-order valence-electron chi connectivity index (χ1n) is 19.4. The van der Waals surface area contributed by atoms with Crippen LogP contribution in [0.25, 0.3) is 27.6 Å². The lowest BCUT2D eigenvalue weighted by Gasteiger charge is -2.24. The first-order valence-corrected chi connectivity index (χ1v) is 21.2. The van der Waals surface area contributed by atoms with Crippen molar-refractivity contribution >= 4 is 61.3 Å². The van der Waals surface area contributed by atoms with E-state index in [4.69, 9.17) is 23.9 Å². The lowest BCUT2D eigenvalue weighted by Crippen LogP contribution is -2.27. The number of hydrogen-bond donors (Lipinski definition) is 4. The Morgan fingerprint density at radius 2 is 1.52 bits per heavy atom. The molecule has 2 amide bonds. The van der Waals surface area contributed by atoms with Gasteiger partial charge in [-0.2, -0.15) is 0 Å². The first kappa shape index (κ1) is 47.8. The van der Waals surface area contributed by atoms with E-state index in [2.05, 4.69) is 32.2 Å². The number of allylic oxidation sites excluding steroid dienone is 1. The van der Waals surface area contributed by atoms with Crippen molar-refractivity contribution < 1.29 is 42.7 Å². The molecule has 0 aliphatic heterocycles. The molecule has 4 aromatic carbocycles. The van der Waals surface area contributed by atoms with E-state index < -0.39 is 15.9 Å². The number of amides is 2. The van der Waals surface area contributed by atoms with Gasteiger partial charge >= 0.3 is 0 Å². The summed E-state index contributed by atoms with van der Waals surface area (Å²) in [6, 6.07) is 20.1. The maximum atomic E-state index is 13.8. The van der Waals surface area contributed by atoms with Crippen LogP contribution in [0.4, 0.5) is 23.0 Å². The summed E-state index contributed by atoms with van der Waals surface area (Å²) in [6.45, 7) is 16.4. The number of methoxy groups -OCH3 is 2. The van der Waals surface area contributed by atoms with Gasteiger partial charge in [-0.25, -0.2) is 18.4 Å². The molecule has 14 nitrogen and oxygen atoms in total. The smallest absolute Gasteiger partial charge is 0.255 e. The molecular formula is C46H66N6O8S. The largest absolute Gasteiger partial charge is 0.492 e. The Labute approximate surface area is 365 Å². The second kappa shape index (κ2) is 21.1. The molecule has 1 heterocycles. The maximum Gasteiger partial charge on any atom is 0.255 e. The van der Waals surface area contributed by atoms with Crippen molar-refractivity contribution in [2.75, 3.05) is 75.4 Å². The monoisotopic (exact) mass is 862 g/mol. The zero-order valence-corrected chi connectivity index (χ0v) is 36.3.